The SMILES string of the molecule is CN(CC(=O)NC1CC1)c1ncc(Cl)cc1Br. The van der Waals surface area contributed by atoms with Crippen LogP contribution >= 0.6 is 27.5 Å². The van der Waals surface area contributed by atoms with E-state index in [1.165, 1.54) is 0 Å². The number of amides is 1. The van der Waals surface area contributed by atoms with Gasteiger partial charge in [0, 0.05) is 19.3 Å². The quantitative estimate of drug-likeness (QED) is 0.926. The summed E-state index contributed by atoms with van der Waals surface area (Å²) in [4.78, 5) is 17.6. The Bertz CT molecular complexity index is 437. The van der Waals surface area contributed by atoms with Gasteiger partial charge in [0.2, 0.25) is 5.91 Å². The van der Waals surface area contributed by atoms with Crippen LogP contribution in [-0.4, -0.2) is 30.5 Å². The highest BCUT2D eigenvalue weighted by atomic mass is 79.9. The molecular formula is C11H13BrClN3O. The van der Waals surface area contributed by atoms with Gasteiger partial charge in [-0.2, -0.15) is 0 Å². The average molecular weight is 319 g/mol. The predicted octanol–water partition coefficient (Wildman–Crippen LogP) is 2.21. The maximum atomic E-state index is 11.6. The maximum absolute atomic E-state index is 11.6. The van der Waals surface area contributed by atoms with Crippen molar-refractivity contribution in [2.45, 2.75) is 18.9 Å². The summed E-state index contributed by atoms with van der Waals surface area (Å²) in [5.41, 5.74) is 0. The van der Waals surface area contributed by atoms with Gasteiger partial charge in [-0.15, -0.1) is 0 Å². The highest BCUT2D eigenvalue weighted by molar-refractivity contribution is 9.10. The lowest BCUT2D eigenvalue weighted by atomic mass is 10.4. The fourth-order valence-corrected chi connectivity index (χ4v) is 2.42. The second-order valence-corrected chi connectivity index (χ2v) is 5.45. The van der Waals surface area contributed by atoms with E-state index in [-0.39, 0.29) is 5.91 Å². The van der Waals surface area contributed by atoms with Crippen LogP contribution in [0.2, 0.25) is 5.02 Å². The number of aromatic nitrogens is 1. The van der Waals surface area contributed by atoms with Gasteiger partial charge in [0.1, 0.15) is 5.82 Å². The van der Waals surface area contributed by atoms with Crippen molar-refractivity contribution in [1.29, 1.82) is 0 Å². The van der Waals surface area contributed by atoms with Crippen molar-refractivity contribution in [3.8, 4) is 0 Å². The zero-order valence-electron chi connectivity index (χ0n) is 9.41. The fraction of sp³-hybridized carbons (Fsp3) is 0.455. The molecule has 92 valence electrons. The Morgan fingerprint density at radius 1 is 1.71 bits per heavy atom. The van der Waals surface area contributed by atoms with Gasteiger partial charge in [-0.05, 0) is 34.8 Å². The molecule has 2 rings (SSSR count). The second-order valence-electron chi connectivity index (χ2n) is 4.16. The number of anilines is 1. The summed E-state index contributed by atoms with van der Waals surface area (Å²) in [6.07, 6.45) is 3.76. The monoisotopic (exact) mass is 317 g/mol. The van der Waals surface area contributed by atoms with Crippen LogP contribution in [0.4, 0.5) is 5.82 Å². The van der Waals surface area contributed by atoms with E-state index in [0.29, 0.717) is 23.4 Å². The van der Waals surface area contributed by atoms with Crippen molar-refractivity contribution in [3.63, 3.8) is 0 Å². The Hall–Kier alpha value is -0.810. The molecule has 1 heterocycles. The molecule has 1 aliphatic rings. The van der Waals surface area contributed by atoms with Gasteiger partial charge in [-0.1, -0.05) is 11.6 Å². The summed E-state index contributed by atoms with van der Waals surface area (Å²) in [6, 6.07) is 2.15. The van der Waals surface area contributed by atoms with E-state index in [9.17, 15) is 4.79 Å². The minimum absolute atomic E-state index is 0.0265. The lowest BCUT2D eigenvalue weighted by molar-refractivity contribution is -0.119. The smallest absolute Gasteiger partial charge is 0.239 e. The first-order valence-corrected chi connectivity index (χ1v) is 6.55. The number of rotatable bonds is 4. The number of hydrogen-bond acceptors (Lipinski definition) is 3. The summed E-state index contributed by atoms with van der Waals surface area (Å²) < 4.78 is 0.784. The van der Waals surface area contributed by atoms with Gasteiger partial charge in [-0.25, -0.2) is 4.98 Å². The Morgan fingerprint density at radius 3 is 3.00 bits per heavy atom. The van der Waals surface area contributed by atoms with Crippen molar-refractivity contribution >= 4 is 39.3 Å². The van der Waals surface area contributed by atoms with Gasteiger partial charge in [0.05, 0.1) is 16.0 Å². The minimum Gasteiger partial charge on any atom is -0.352 e. The molecule has 0 aromatic carbocycles. The third-order valence-electron chi connectivity index (χ3n) is 2.47. The summed E-state index contributed by atoms with van der Waals surface area (Å²) in [6.45, 7) is 0.295. The number of pyridine rings is 1. The lowest BCUT2D eigenvalue weighted by Gasteiger charge is -2.18. The normalized spacial score (nSPS) is 14.5. The zero-order chi connectivity index (χ0) is 12.4. The number of halogens is 2. The Kier molecular flexibility index (Phi) is 3.89. The molecule has 0 unspecified atom stereocenters. The number of nitrogens with zero attached hydrogens (tertiary/aromatic N) is 2. The Morgan fingerprint density at radius 2 is 2.41 bits per heavy atom. The van der Waals surface area contributed by atoms with Crippen molar-refractivity contribution < 1.29 is 4.79 Å². The van der Waals surface area contributed by atoms with Gasteiger partial charge < -0.3 is 10.2 Å². The van der Waals surface area contributed by atoms with Crippen LogP contribution in [0.15, 0.2) is 16.7 Å². The van der Waals surface area contributed by atoms with Crippen LogP contribution in [0.5, 0.6) is 0 Å². The highest BCUT2D eigenvalue weighted by Crippen LogP contribution is 2.25. The van der Waals surface area contributed by atoms with E-state index in [4.69, 9.17) is 11.6 Å². The summed E-state index contributed by atoms with van der Waals surface area (Å²) in [7, 11) is 1.83. The molecule has 1 aromatic rings. The number of carbonyl (C=O) groups is 1. The molecule has 17 heavy (non-hydrogen) atoms. The van der Waals surface area contributed by atoms with Gasteiger partial charge in [-0.3, -0.25) is 4.79 Å². The minimum atomic E-state index is 0.0265. The standard InChI is InChI=1S/C11H13BrClN3O/c1-16(6-10(17)15-8-2-3-8)11-9(12)4-7(13)5-14-11/h4-5,8H,2-3,6H2,1H3,(H,15,17). The second kappa shape index (κ2) is 5.23. The largest absolute Gasteiger partial charge is 0.352 e. The molecule has 1 fully saturated rings. The molecule has 1 aromatic heterocycles. The molecule has 0 saturated heterocycles. The molecule has 1 N–H and O–H groups in total. The summed E-state index contributed by atoms with van der Waals surface area (Å²) >= 11 is 9.19. The predicted molar refractivity (Wildman–Crippen MR) is 71.4 cm³/mol. The molecular weight excluding hydrogens is 305 g/mol. The molecule has 1 aliphatic carbocycles. The fourth-order valence-electron chi connectivity index (χ4n) is 1.48. The third-order valence-corrected chi connectivity index (χ3v) is 3.26. The van der Waals surface area contributed by atoms with Crippen LogP contribution in [0.3, 0.4) is 0 Å². The van der Waals surface area contributed by atoms with Crippen molar-refractivity contribution in [2.75, 3.05) is 18.5 Å². The maximum Gasteiger partial charge on any atom is 0.239 e. The van der Waals surface area contributed by atoms with Crippen molar-refractivity contribution in [2.24, 2.45) is 0 Å². The number of hydrogen-bond donors (Lipinski definition) is 1. The average Bonchev–Trinajstić information content (AvgIpc) is 3.00. The van der Waals surface area contributed by atoms with Gasteiger partial charge in [0.25, 0.3) is 0 Å². The molecule has 0 atom stereocenters. The van der Waals surface area contributed by atoms with E-state index < -0.39 is 0 Å². The molecule has 0 spiro atoms. The van der Waals surface area contributed by atoms with E-state index in [0.717, 1.165) is 17.3 Å². The first kappa shape index (κ1) is 12.6. The highest BCUT2D eigenvalue weighted by Gasteiger charge is 2.23. The van der Waals surface area contributed by atoms with Crippen molar-refractivity contribution in [1.82, 2.24) is 10.3 Å². The van der Waals surface area contributed by atoms with Crippen LogP contribution in [0.1, 0.15) is 12.8 Å². The number of nitrogens with one attached hydrogen (secondary N) is 1. The van der Waals surface area contributed by atoms with Gasteiger partial charge in [0.15, 0.2) is 0 Å². The number of carbonyl (C=O) groups excluding carboxylic acids is 1. The molecule has 4 nitrogen and oxygen atoms in total. The summed E-state index contributed by atoms with van der Waals surface area (Å²) in [5.74, 6) is 0.735. The molecule has 0 bridgehead atoms. The van der Waals surface area contributed by atoms with Crippen LogP contribution in [-0.2, 0) is 4.79 Å². The third kappa shape index (κ3) is 3.57. The zero-order valence-corrected chi connectivity index (χ0v) is 11.8. The lowest BCUT2D eigenvalue weighted by Crippen LogP contribution is -2.36. The first-order valence-electron chi connectivity index (χ1n) is 5.38. The number of likely N-dealkylation sites (N-methyl/N-ethyl adjacent to an activating group) is 1. The van der Waals surface area contributed by atoms with Gasteiger partial charge >= 0.3 is 0 Å². The van der Waals surface area contributed by atoms with Crippen molar-refractivity contribution in [3.05, 3.63) is 21.8 Å². The van der Waals surface area contributed by atoms with E-state index in [1.54, 1.807) is 17.2 Å². The van der Waals surface area contributed by atoms with E-state index in [1.807, 2.05) is 7.05 Å². The molecule has 6 heteroatoms. The van der Waals surface area contributed by atoms with Crippen LogP contribution < -0.4 is 10.2 Å². The Labute approximate surface area is 113 Å². The van der Waals surface area contributed by atoms with E-state index >= 15 is 0 Å². The summed E-state index contributed by atoms with van der Waals surface area (Å²) in [5, 5.41) is 3.50. The topological polar surface area (TPSA) is 45.2 Å². The van der Waals surface area contributed by atoms with Crippen LogP contribution in [0.25, 0.3) is 0 Å². The molecule has 0 radical (unpaired) electrons. The van der Waals surface area contributed by atoms with E-state index in [2.05, 4.69) is 26.2 Å². The first-order chi connectivity index (χ1) is 8.06. The Balaban J connectivity index is 1.97. The molecule has 1 amide bonds. The van der Waals surface area contributed by atoms with Crippen LogP contribution in [0, 0.1) is 0 Å². The molecule has 0 aliphatic heterocycles. The molecule has 1 saturated carbocycles.